The van der Waals surface area contributed by atoms with Crippen LogP contribution in [0.2, 0.25) is 5.02 Å². The van der Waals surface area contributed by atoms with Crippen LogP contribution >= 0.6 is 11.6 Å². The van der Waals surface area contributed by atoms with E-state index in [1.165, 1.54) is 0 Å². The number of hydrogen-bond acceptors (Lipinski definition) is 4. The van der Waals surface area contributed by atoms with Crippen LogP contribution in [-0.4, -0.2) is 20.6 Å². The molecule has 1 N–H and O–H groups in total. The Hall–Kier alpha value is -3.03. The summed E-state index contributed by atoms with van der Waals surface area (Å²) in [5, 5.41) is 12.3. The number of H-pyrrole nitrogens is 1. The number of halogens is 10. The number of aromatic amines is 1. The zero-order chi connectivity index (χ0) is 24.6. The molecule has 33 heavy (non-hydrogen) atoms. The molecule has 3 aromatic rings. The lowest BCUT2D eigenvalue weighted by Gasteiger charge is -2.23. The molecule has 0 aliphatic rings. The van der Waals surface area contributed by atoms with E-state index in [9.17, 15) is 39.5 Å². The van der Waals surface area contributed by atoms with E-state index < -0.39 is 53.9 Å². The number of tetrazole rings is 1. The van der Waals surface area contributed by atoms with Gasteiger partial charge in [0.25, 0.3) is 0 Å². The van der Waals surface area contributed by atoms with E-state index >= 15 is 0 Å². The average Bonchev–Trinajstić information content (AvgIpc) is 3.21. The van der Waals surface area contributed by atoms with E-state index in [2.05, 4.69) is 20.6 Å². The number of aromatic nitrogens is 4. The number of nitrogens with zero attached hydrogens (tertiary/aromatic N) is 4. The molecular formula is C18H11ClF9N5. The Balaban J connectivity index is 2.03. The van der Waals surface area contributed by atoms with E-state index in [4.69, 9.17) is 11.6 Å². The van der Waals surface area contributed by atoms with Gasteiger partial charge in [0.05, 0.1) is 16.7 Å². The van der Waals surface area contributed by atoms with E-state index in [1.54, 1.807) is 0 Å². The predicted molar refractivity (Wildman–Crippen MR) is 97.0 cm³/mol. The molecule has 15 heteroatoms. The fraction of sp³-hybridized carbons (Fsp3) is 0.278. The van der Waals surface area contributed by atoms with Gasteiger partial charge < -0.3 is 4.90 Å². The lowest BCUT2D eigenvalue weighted by atomic mass is 10.0. The maximum Gasteiger partial charge on any atom is 0.416 e. The Morgan fingerprint density at radius 3 is 1.82 bits per heavy atom. The van der Waals surface area contributed by atoms with Gasteiger partial charge in [0.15, 0.2) is 0 Å². The van der Waals surface area contributed by atoms with Gasteiger partial charge in [-0.25, -0.2) is 5.10 Å². The van der Waals surface area contributed by atoms with E-state index in [0.29, 0.717) is 18.2 Å². The number of rotatable bonds is 5. The monoisotopic (exact) mass is 503 g/mol. The van der Waals surface area contributed by atoms with Crippen LogP contribution in [0.1, 0.15) is 27.8 Å². The van der Waals surface area contributed by atoms with Crippen molar-refractivity contribution >= 4 is 17.5 Å². The molecule has 3 rings (SSSR count). The van der Waals surface area contributed by atoms with Crippen molar-refractivity contribution in [3.8, 4) is 0 Å². The Morgan fingerprint density at radius 2 is 1.33 bits per heavy atom. The minimum atomic E-state index is -5.07. The summed E-state index contributed by atoms with van der Waals surface area (Å²) < 4.78 is 118. The Kier molecular flexibility index (Phi) is 6.51. The van der Waals surface area contributed by atoms with Gasteiger partial charge in [-0.1, -0.05) is 16.7 Å². The highest BCUT2D eigenvalue weighted by Crippen LogP contribution is 2.37. The van der Waals surface area contributed by atoms with Crippen LogP contribution < -0.4 is 4.90 Å². The maximum absolute atomic E-state index is 13.2. The molecule has 0 radical (unpaired) electrons. The standard InChI is InChI=1S/C18H11ClF9N5/c19-14-2-1-11(16(20,21)22)5-10(14)8-33(15-29-31-32-30-15)7-9-3-12(17(23,24)25)6-13(4-9)18(26,27)28/h1-6H,7-8H2,(H,29,30,31,32). The number of hydrogen-bond donors (Lipinski definition) is 1. The molecule has 0 bridgehead atoms. The van der Waals surface area contributed by atoms with E-state index in [0.717, 1.165) is 17.0 Å². The summed E-state index contributed by atoms with van der Waals surface area (Å²) in [7, 11) is 0. The second-order valence-electron chi connectivity index (χ2n) is 6.80. The van der Waals surface area contributed by atoms with Crippen LogP contribution in [0.15, 0.2) is 36.4 Å². The Morgan fingerprint density at radius 1 is 0.758 bits per heavy atom. The van der Waals surface area contributed by atoms with Crippen molar-refractivity contribution in [2.24, 2.45) is 0 Å². The third-order valence-corrected chi connectivity index (χ3v) is 4.76. The van der Waals surface area contributed by atoms with Crippen LogP contribution in [0.5, 0.6) is 0 Å². The molecule has 0 saturated carbocycles. The molecule has 0 atom stereocenters. The second-order valence-corrected chi connectivity index (χ2v) is 7.21. The molecule has 0 fully saturated rings. The molecule has 1 aromatic heterocycles. The van der Waals surface area contributed by atoms with Gasteiger partial charge in [0, 0.05) is 18.1 Å². The molecule has 0 spiro atoms. The summed E-state index contributed by atoms with van der Waals surface area (Å²) in [4.78, 5) is 1.05. The second kappa shape index (κ2) is 8.72. The summed E-state index contributed by atoms with van der Waals surface area (Å²) in [6, 6.07) is 3.39. The van der Waals surface area contributed by atoms with Crippen molar-refractivity contribution in [2.75, 3.05) is 4.90 Å². The first-order valence-electron chi connectivity index (χ1n) is 8.77. The van der Waals surface area contributed by atoms with Crippen LogP contribution in [0.3, 0.4) is 0 Å². The molecule has 178 valence electrons. The van der Waals surface area contributed by atoms with Gasteiger partial charge in [-0.3, -0.25) is 0 Å². The van der Waals surface area contributed by atoms with Crippen molar-refractivity contribution in [1.29, 1.82) is 0 Å². The fourth-order valence-corrected chi connectivity index (χ4v) is 3.08. The van der Waals surface area contributed by atoms with Gasteiger partial charge in [-0.2, -0.15) is 39.5 Å². The highest BCUT2D eigenvalue weighted by molar-refractivity contribution is 6.31. The fourth-order valence-electron chi connectivity index (χ4n) is 2.90. The van der Waals surface area contributed by atoms with E-state index in [-0.39, 0.29) is 22.6 Å². The lowest BCUT2D eigenvalue weighted by molar-refractivity contribution is -0.143. The third-order valence-electron chi connectivity index (χ3n) is 4.39. The van der Waals surface area contributed by atoms with E-state index in [1.807, 2.05) is 0 Å². The van der Waals surface area contributed by atoms with Gasteiger partial charge in [0.2, 0.25) is 5.95 Å². The summed E-state index contributed by atoms with van der Waals surface area (Å²) in [6.07, 6.45) is -14.8. The highest BCUT2D eigenvalue weighted by Gasteiger charge is 2.37. The number of nitrogens with one attached hydrogen (secondary N) is 1. The summed E-state index contributed by atoms with van der Waals surface area (Å²) in [5.41, 5.74) is -4.67. The third kappa shape index (κ3) is 6.06. The van der Waals surface area contributed by atoms with Crippen LogP contribution in [0, 0.1) is 0 Å². The molecule has 0 amide bonds. The number of benzene rings is 2. The zero-order valence-corrected chi connectivity index (χ0v) is 16.7. The molecule has 2 aromatic carbocycles. The predicted octanol–water partition coefficient (Wildman–Crippen LogP) is 6.12. The molecule has 0 unspecified atom stereocenters. The Bertz CT molecular complexity index is 1080. The number of anilines is 1. The maximum atomic E-state index is 13.2. The Labute approximate surface area is 184 Å². The first kappa shape index (κ1) is 24.6. The summed E-state index contributed by atoms with van der Waals surface area (Å²) in [5.74, 6) is -0.213. The first-order chi connectivity index (χ1) is 15.1. The van der Waals surface area contributed by atoms with Gasteiger partial charge in [-0.05, 0) is 58.0 Å². The number of alkyl halides is 9. The average molecular weight is 504 g/mol. The van der Waals surface area contributed by atoms with Crippen LogP contribution in [-0.2, 0) is 31.6 Å². The SMILES string of the molecule is FC(F)(F)c1cc(CN(Cc2cc(C(F)(F)F)ccc2Cl)c2nnn[nH]2)cc(C(F)(F)F)c1. The minimum Gasteiger partial charge on any atom is -0.331 e. The molecule has 1 heterocycles. The smallest absolute Gasteiger partial charge is 0.331 e. The van der Waals surface area contributed by atoms with Crippen LogP contribution in [0.4, 0.5) is 45.5 Å². The van der Waals surface area contributed by atoms with Crippen molar-refractivity contribution in [3.05, 3.63) is 69.2 Å². The minimum absolute atomic E-state index is 0.0342. The van der Waals surface area contributed by atoms with Gasteiger partial charge >= 0.3 is 18.5 Å². The molecular weight excluding hydrogens is 493 g/mol. The van der Waals surface area contributed by atoms with Gasteiger partial charge in [-0.15, -0.1) is 0 Å². The van der Waals surface area contributed by atoms with Crippen LogP contribution in [0.25, 0.3) is 0 Å². The molecule has 0 aliphatic heterocycles. The lowest BCUT2D eigenvalue weighted by Crippen LogP contribution is -2.25. The zero-order valence-electron chi connectivity index (χ0n) is 15.9. The van der Waals surface area contributed by atoms with Gasteiger partial charge in [0.1, 0.15) is 0 Å². The normalized spacial score (nSPS) is 12.8. The summed E-state index contributed by atoms with van der Waals surface area (Å²) >= 11 is 5.97. The van der Waals surface area contributed by atoms with Crippen molar-refractivity contribution < 1.29 is 39.5 Å². The quantitative estimate of drug-likeness (QED) is 0.426. The molecule has 0 saturated heterocycles. The van der Waals surface area contributed by atoms with Crippen molar-refractivity contribution in [3.63, 3.8) is 0 Å². The summed E-state index contributed by atoms with van der Waals surface area (Å²) in [6.45, 7) is -1.08. The topological polar surface area (TPSA) is 57.7 Å². The van der Waals surface area contributed by atoms with Crippen molar-refractivity contribution in [1.82, 2.24) is 20.6 Å². The highest BCUT2D eigenvalue weighted by atomic mass is 35.5. The molecule has 0 aliphatic carbocycles. The largest absolute Gasteiger partial charge is 0.416 e. The van der Waals surface area contributed by atoms with Crippen molar-refractivity contribution in [2.45, 2.75) is 31.6 Å². The first-order valence-corrected chi connectivity index (χ1v) is 9.15. The molecule has 5 nitrogen and oxygen atoms in total.